The van der Waals surface area contributed by atoms with Gasteiger partial charge in [0.05, 0.1) is 6.04 Å². The Morgan fingerprint density at radius 2 is 2.22 bits per heavy atom. The first kappa shape index (κ1) is 13.2. The topological polar surface area (TPSA) is 29.9 Å². The minimum atomic E-state index is -0.228. The largest absolute Gasteiger partial charge is 0.337 e. The van der Waals surface area contributed by atoms with E-state index in [4.69, 9.17) is 0 Å². The van der Waals surface area contributed by atoms with Crippen LogP contribution < -0.4 is 5.32 Å². The predicted molar refractivity (Wildman–Crippen MR) is 72.8 cm³/mol. The number of rotatable bonds is 4. The SMILES string of the molecule is CNC(Cc1cc(F)cc(Br)c1)c1nccn1C. The highest BCUT2D eigenvalue weighted by Gasteiger charge is 2.15. The van der Waals surface area contributed by atoms with E-state index in [1.54, 1.807) is 12.3 Å². The van der Waals surface area contributed by atoms with Crippen LogP contribution in [-0.2, 0) is 13.5 Å². The molecule has 2 aromatic rings. The van der Waals surface area contributed by atoms with Crippen LogP contribution in [-0.4, -0.2) is 16.6 Å². The van der Waals surface area contributed by atoms with E-state index >= 15 is 0 Å². The van der Waals surface area contributed by atoms with Gasteiger partial charge < -0.3 is 9.88 Å². The van der Waals surface area contributed by atoms with Crippen LogP contribution in [0, 0.1) is 5.82 Å². The zero-order chi connectivity index (χ0) is 13.1. The molecule has 2 rings (SSSR count). The summed E-state index contributed by atoms with van der Waals surface area (Å²) in [5.74, 6) is 0.715. The number of likely N-dealkylation sites (N-methyl/N-ethyl adjacent to an activating group) is 1. The number of aromatic nitrogens is 2. The summed E-state index contributed by atoms with van der Waals surface area (Å²) in [6, 6.07) is 5.01. The molecule has 1 unspecified atom stereocenters. The van der Waals surface area contributed by atoms with Gasteiger partial charge >= 0.3 is 0 Å². The van der Waals surface area contributed by atoms with Crippen LogP contribution >= 0.6 is 15.9 Å². The first-order valence-corrected chi connectivity index (χ1v) is 6.49. The molecular formula is C13H15BrFN3. The van der Waals surface area contributed by atoms with Gasteiger partial charge in [-0.05, 0) is 37.2 Å². The Morgan fingerprint density at radius 3 is 2.78 bits per heavy atom. The summed E-state index contributed by atoms with van der Waals surface area (Å²) in [7, 11) is 3.84. The van der Waals surface area contributed by atoms with E-state index in [1.165, 1.54) is 6.07 Å². The van der Waals surface area contributed by atoms with Crippen LogP contribution in [0.1, 0.15) is 17.4 Å². The van der Waals surface area contributed by atoms with Crippen LogP contribution in [0.15, 0.2) is 35.1 Å². The van der Waals surface area contributed by atoms with E-state index < -0.39 is 0 Å². The van der Waals surface area contributed by atoms with Crippen molar-refractivity contribution in [1.82, 2.24) is 14.9 Å². The maximum absolute atomic E-state index is 13.3. The van der Waals surface area contributed by atoms with Crippen molar-refractivity contribution in [2.24, 2.45) is 7.05 Å². The van der Waals surface area contributed by atoms with Gasteiger partial charge in [-0.1, -0.05) is 15.9 Å². The monoisotopic (exact) mass is 311 g/mol. The molecule has 0 amide bonds. The number of hydrogen-bond acceptors (Lipinski definition) is 2. The number of nitrogens with zero attached hydrogens (tertiary/aromatic N) is 2. The summed E-state index contributed by atoms with van der Waals surface area (Å²) in [4.78, 5) is 4.32. The molecule has 5 heteroatoms. The molecule has 0 aliphatic carbocycles. The van der Waals surface area contributed by atoms with Gasteiger partial charge in [-0.3, -0.25) is 0 Å². The maximum atomic E-state index is 13.3. The predicted octanol–water partition coefficient (Wildman–Crippen LogP) is 2.82. The molecule has 1 N–H and O–H groups in total. The van der Waals surface area contributed by atoms with E-state index in [9.17, 15) is 4.39 Å². The second-order valence-corrected chi connectivity index (χ2v) is 5.14. The van der Waals surface area contributed by atoms with Crippen molar-refractivity contribution in [3.8, 4) is 0 Å². The minimum Gasteiger partial charge on any atom is -0.337 e. The third kappa shape index (κ3) is 2.97. The quantitative estimate of drug-likeness (QED) is 0.941. The molecule has 96 valence electrons. The Labute approximate surface area is 114 Å². The molecule has 0 bridgehead atoms. The highest BCUT2D eigenvalue weighted by Crippen LogP contribution is 2.20. The fraction of sp³-hybridized carbons (Fsp3) is 0.308. The molecule has 0 saturated carbocycles. The van der Waals surface area contributed by atoms with Gasteiger partial charge in [0.2, 0.25) is 0 Å². The molecule has 0 aliphatic heterocycles. The molecule has 18 heavy (non-hydrogen) atoms. The third-order valence-electron chi connectivity index (χ3n) is 2.88. The van der Waals surface area contributed by atoms with Gasteiger partial charge in [0.25, 0.3) is 0 Å². The standard InChI is InChI=1S/C13H15BrFN3/c1-16-12(13-17-3-4-18(13)2)7-9-5-10(14)8-11(15)6-9/h3-6,8,12,16H,7H2,1-2H3. The van der Waals surface area contributed by atoms with Gasteiger partial charge in [-0.25, -0.2) is 9.37 Å². The number of hydrogen-bond donors (Lipinski definition) is 1. The lowest BCUT2D eigenvalue weighted by atomic mass is 10.1. The average Bonchev–Trinajstić information content (AvgIpc) is 2.71. The maximum Gasteiger partial charge on any atom is 0.125 e. The summed E-state index contributed by atoms with van der Waals surface area (Å²) in [6.45, 7) is 0. The summed E-state index contributed by atoms with van der Waals surface area (Å²) in [5.41, 5.74) is 0.934. The smallest absolute Gasteiger partial charge is 0.125 e. The molecule has 0 aliphatic rings. The Kier molecular flexibility index (Phi) is 4.14. The summed E-state index contributed by atoms with van der Waals surface area (Å²) in [6.07, 6.45) is 4.36. The highest BCUT2D eigenvalue weighted by molar-refractivity contribution is 9.10. The number of benzene rings is 1. The van der Waals surface area contributed by atoms with Crippen molar-refractivity contribution >= 4 is 15.9 Å². The molecule has 1 aromatic carbocycles. The van der Waals surface area contributed by atoms with E-state index in [1.807, 2.05) is 30.9 Å². The first-order valence-electron chi connectivity index (χ1n) is 5.69. The average molecular weight is 312 g/mol. The molecular weight excluding hydrogens is 297 g/mol. The molecule has 0 saturated heterocycles. The van der Waals surface area contributed by atoms with E-state index in [-0.39, 0.29) is 11.9 Å². The first-order chi connectivity index (χ1) is 8.60. The van der Waals surface area contributed by atoms with Crippen molar-refractivity contribution in [3.63, 3.8) is 0 Å². The minimum absolute atomic E-state index is 0.0682. The van der Waals surface area contributed by atoms with Gasteiger partial charge in [-0.15, -0.1) is 0 Å². The Hall–Kier alpha value is -1.20. The van der Waals surface area contributed by atoms with E-state index in [0.29, 0.717) is 6.42 Å². The number of halogens is 2. The van der Waals surface area contributed by atoms with Crippen LogP contribution in [0.2, 0.25) is 0 Å². The summed E-state index contributed by atoms with van der Waals surface area (Å²) in [5, 5.41) is 3.21. The molecule has 0 radical (unpaired) electrons. The molecule has 1 aromatic heterocycles. The van der Waals surface area contributed by atoms with Gasteiger partial charge in [0.1, 0.15) is 11.6 Å². The molecule has 1 heterocycles. The number of nitrogens with one attached hydrogen (secondary N) is 1. The van der Waals surface area contributed by atoms with Crippen LogP contribution in [0.3, 0.4) is 0 Å². The van der Waals surface area contributed by atoms with Crippen LogP contribution in [0.4, 0.5) is 4.39 Å². The molecule has 3 nitrogen and oxygen atoms in total. The van der Waals surface area contributed by atoms with Crippen LogP contribution in [0.25, 0.3) is 0 Å². The lowest BCUT2D eigenvalue weighted by Gasteiger charge is -2.16. The van der Waals surface area contributed by atoms with Crippen molar-refractivity contribution in [2.45, 2.75) is 12.5 Å². The zero-order valence-corrected chi connectivity index (χ0v) is 11.9. The van der Waals surface area contributed by atoms with Crippen molar-refractivity contribution < 1.29 is 4.39 Å². The zero-order valence-electron chi connectivity index (χ0n) is 10.3. The molecule has 0 spiro atoms. The fourth-order valence-corrected chi connectivity index (χ4v) is 2.51. The second-order valence-electron chi connectivity index (χ2n) is 4.22. The number of aryl methyl sites for hydroxylation is 1. The fourth-order valence-electron chi connectivity index (χ4n) is 2.00. The van der Waals surface area contributed by atoms with Gasteiger partial charge in [0, 0.05) is 23.9 Å². The Balaban J connectivity index is 2.23. The molecule has 0 fully saturated rings. The lowest BCUT2D eigenvalue weighted by Crippen LogP contribution is -2.22. The van der Waals surface area contributed by atoms with Crippen molar-refractivity contribution in [2.75, 3.05) is 7.05 Å². The van der Waals surface area contributed by atoms with Crippen LogP contribution in [0.5, 0.6) is 0 Å². The second kappa shape index (κ2) is 5.63. The van der Waals surface area contributed by atoms with Crippen molar-refractivity contribution in [1.29, 1.82) is 0 Å². The summed E-state index contributed by atoms with van der Waals surface area (Å²) < 4.78 is 16.1. The van der Waals surface area contributed by atoms with E-state index in [2.05, 4.69) is 26.2 Å². The Bertz CT molecular complexity index is 519. The number of imidazole rings is 1. The molecule has 1 atom stereocenters. The third-order valence-corrected chi connectivity index (χ3v) is 3.34. The lowest BCUT2D eigenvalue weighted by molar-refractivity contribution is 0.535. The Morgan fingerprint density at radius 1 is 1.44 bits per heavy atom. The van der Waals surface area contributed by atoms with Gasteiger partial charge in [0.15, 0.2) is 0 Å². The van der Waals surface area contributed by atoms with E-state index in [0.717, 1.165) is 15.9 Å². The highest BCUT2D eigenvalue weighted by atomic mass is 79.9. The van der Waals surface area contributed by atoms with Gasteiger partial charge in [-0.2, -0.15) is 0 Å². The normalized spacial score (nSPS) is 12.7. The summed E-state index contributed by atoms with van der Waals surface area (Å²) >= 11 is 3.31. The van der Waals surface area contributed by atoms with Crippen molar-refractivity contribution in [3.05, 3.63) is 52.3 Å².